The smallest absolute Gasteiger partial charge is 0.181 e. The lowest BCUT2D eigenvalue weighted by molar-refractivity contribution is 0.394. The fourth-order valence-corrected chi connectivity index (χ4v) is 2.41. The van der Waals surface area contributed by atoms with Crippen LogP contribution in [0.4, 0.5) is 0 Å². The molecule has 118 valence electrons. The van der Waals surface area contributed by atoms with E-state index in [0.29, 0.717) is 17.3 Å². The minimum Gasteiger partial charge on any atom is -0.497 e. The van der Waals surface area contributed by atoms with Crippen molar-refractivity contribution in [2.75, 3.05) is 21.3 Å². The molecule has 1 aromatic heterocycles. The topological polar surface area (TPSA) is 53.7 Å². The minimum absolute atomic E-state index is 0.698. The summed E-state index contributed by atoms with van der Waals surface area (Å²) in [5.74, 6) is 2.88. The predicted octanol–water partition coefficient (Wildman–Crippen LogP) is 4.03. The lowest BCUT2D eigenvalue weighted by Crippen LogP contribution is -1.92. The van der Waals surface area contributed by atoms with Gasteiger partial charge in [0.05, 0.1) is 27.5 Å². The monoisotopic (exact) mass is 311 g/mol. The number of hydrogen-bond donors (Lipinski definition) is 0. The summed E-state index contributed by atoms with van der Waals surface area (Å²) in [5.41, 5.74) is 2.76. The van der Waals surface area contributed by atoms with Crippen LogP contribution in [0.3, 0.4) is 0 Å². The van der Waals surface area contributed by atoms with Crippen LogP contribution >= 0.6 is 0 Å². The van der Waals surface area contributed by atoms with Gasteiger partial charge in [-0.05, 0) is 35.9 Å². The van der Waals surface area contributed by atoms with E-state index in [4.69, 9.17) is 18.6 Å². The van der Waals surface area contributed by atoms with Gasteiger partial charge in [-0.1, -0.05) is 0 Å². The summed E-state index contributed by atoms with van der Waals surface area (Å²) in [7, 11) is 4.89. The van der Waals surface area contributed by atoms with Crippen molar-refractivity contribution in [3.05, 3.63) is 49.0 Å². The maximum Gasteiger partial charge on any atom is 0.181 e. The van der Waals surface area contributed by atoms with E-state index in [9.17, 15) is 0 Å². The summed E-state index contributed by atoms with van der Waals surface area (Å²) in [4.78, 5) is 3.96. The Hall–Kier alpha value is -2.95. The van der Waals surface area contributed by atoms with Crippen LogP contribution in [0.5, 0.6) is 17.2 Å². The number of aromatic nitrogens is 1. The van der Waals surface area contributed by atoms with Crippen molar-refractivity contribution in [2.24, 2.45) is 0 Å². The highest BCUT2D eigenvalue weighted by Gasteiger charge is 2.12. The van der Waals surface area contributed by atoms with E-state index in [1.54, 1.807) is 27.5 Å². The first kappa shape index (κ1) is 15.0. The van der Waals surface area contributed by atoms with Crippen molar-refractivity contribution in [2.45, 2.75) is 0 Å². The molecular formula is C18H17NO4. The third kappa shape index (κ3) is 2.99. The van der Waals surface area contributed by atoms with E-state index in [-0.39, 0.29) is 0 Å². The van der Waals surface area contributed by atoms with Crippen LogP contribution in [0.1, 0.15) is 0 Å². The van der Waals surface area contributed by atoms with Gasteiger partial charge in [0.2, 0.25) is 0 Å². The van der Waals surface area contributed by atoms with Crippen molar-refractivity contribution < 1.29 is 18.6 Å². The molecule has 1 heterocycles. The molecule has 0 N–H and O–H groups in total. The van der Waals surface area contributed by atoms with Gasteiger partial charge >= 0.3 is 0 Å². The molecule has 0 atom stereocenters. The van der Waals surface area contributed by atoms with E-state index in [2.05, 4.69) is 4.98 Å². The first-order valence-electron chi connectivity index (χ1n) is 7.05. The molecule has 5 nitrogen and oxygen atoms in total. The highest BCUT2D eigenvalue weighted by molar-refractivity contribution is 5.77. The molecule has 3 rings (SSSR count). The number of benzene rings is 2. The number of ether oxygens (including phenoxy) is 3. The number of rotatable bonds is 5. The van der Waals surface area contributed by atoms with Gasteiger partial charge in [0.25, 0.3) is 0 Å². The molecule has 0 saturated carbocycles. The molecule has 0 unspecified atom stereocenters. The minimum atomic E-state index is 0.698. The number of oxazole rings is 1. The SMILES string of the molecule is COc1cc(OC)cc(-c2cc(-c3cnco3)ccc2OC)c1. The Kier molecular flexibility index (Phi) is 4.19. The maximum absolute atomic E-state index is 5.49. The predicted molar refractivity (Wildman–Crippen MR) is 87.0 cm³/mol. The van der Waals surface area contributed by atoms with Gasteiger partial charge in [-0.15, -0.1) is 0 Å². The lowest BCUT2D eigenvalue weighted by atomic mass is 10.0. The summed E-state index contributed by atoms with van der Waals surface area (Å²) >= 11 is 0. The van der Waals surface area contributed by atoms with Crippen LogP contribution < -0.4 is 14.2 Å². The van der Waals surface area contributed by atoms with Crippen LogP contribution in [0.15, 0.2) is 53.4 Å². The zero-order valence-electron chi connectivity index (χ0n) is 13.2. The van der Waals surface area contributed by atoms with Crippen LogP contribution in [-0.4, -0.2) is 26.3 Å². The van der Waals surface area contributed by atoms with E-state index >= 15 is 0 Å². The van der Waals surface area contributed by atoms with Gasteiger partial charge in [-0.25, -0.2) is 4.98 Å². The van der Waals surface area contributed by atoms with Crippen LogP contribution in [0, 0.1) is 0 Å². The Balaban J connectivity index is 2.16. The standard InChI is InChI=1S/C18H17NO4/c1-20-14-6-13(7-15(9-14)21-2)16-8-12(4-5-17(16)22-3)18-10-19-11-23-18/h4-11H,1-3H3. The summed E-state index contributed by atoms with van der Waals surface area (Å²) in [6.45, 7) is 0. The third-order valence-electron chi connectivity index (χ3n) is 3.58. The average molecular weight is 311 g/mol. The molecule has 0 bridgehead atoms. The Morgan fingerprint density at radius 1 is 0.826 bits per heavy atom. The molecule has 23 heavy (non-hydrogen) atoms. The first-order chi connectivity index (χ1) is 11.2. The van der Waals surface area contributed by atoms with Crippen LogP contribution in [-0.2, 0) is 0 Å². The van der Waals surface area contributed by atoms with Gasteiger partial charge < -0.3 is 18.6 Å². The van der Waals surface area contributed by atoms with Crippen molar-refractivity contribution >= 4 is 0 Å². The molecular weight excluding hydrogens is 294 g/mol. The highest BCUT2D eigenvalue weighted by Crippen LogP contribution is 2.37. The second kappa shape index (κ2) is 6.44. The van der Waals surface area contributed by atoms with Gasteiger partial charge in [0, 0.05) is 17.2 Å². The molecule has 0 fully saturated rings. The molecule has 0 radical (unpaired) electrons. The van der Waals surface area contributed by atoms with Crippen molar-refractivity contribution in [3.8, 4) is 39.7 Å². The second-order valence-electron chi connectivity index (χ2n) is 4.88. The van der Waals surface area contributed by atoms with Gasteiger partial charge in [0.1, 0.15) is 17.2 Å². The first-order valence-corrected chi connectivity index (χ1v) is 7.05. The van der Waals surface area contributed by atoms with Gasteiger partial charge in [0.15, 0.2) is 12.2 Å². The third-order valence-corrected chi connectivity index (χ3v) is 3.58. The number of nitrogens with zero attached hydrogens (tertiary/aromatic N) is 1. The highest BCUT2D eigenvalue weighted by atomic mass is 16.5. The summed E-state index contributed by atoms with van der Waals surface area (Å²) in [6.07, 6.45) is 3.09. The van der Waals surface area contributed by atoms with Gasteiger partial charge in [-0.2, -0.15) is 0 Å². The molecule has 0 amide bonds. The molecule has 0 aliphatic carbocycles. The van der Waals surface area contributed by atoms with Crippen molar-refractivity contribution in [1.82, 2.24) is 4.98 Å². The van der Waals surface area contributed by atoms with E-state index in [1.807, 2.05) is 36.4 Å². The van der Waals surface area contributed by atoms with Gasteiger partial charge in [-0.3, -0.25) is 0 Å². The second-order valence-corrected chi connectivity index (χ2v) is 4.88. The Morgan fingerprint density at radius 3 is 2.13 bits per heavy atom. The normalized spacial score (nSPS) is 10.4. The maximum atomic E-state index is 5.49. The summed E-state index contributed by atoms with van der Waals surface area (Å²) < 4.78 is 21.6. The molecule has 5 heteroatoms. The zero-order valence-corrected chi connectivity index (χ0v) is 13.2. The molecule has 0 aliphatic rings. The molecule has 3 aromatic rings. The molecule has 0 saturated heterocycles. The largest absolute Gasteiger partial charge is 0.497 e. The zero-order chi connectivity index (χ0) is 16.2. The summed E-state index contributed by atoms with van der Waals surface area (Å²) in [6, 6.07) is 11.5. The molecule has 0 aliphatic heterocycles. The fraction of sp³-hybridized carbons (Fsp3) is 0.167. The molecule has 2 aromatic carbocycles. The summed E-state index contributed by atoms with van der Waals surface area (Å²) in [5, 5.41) is 0. The number of methoxy groups -OCH3 is 3. The van der Waals surface area contributed by atoms with E-state index in [0.717, 1.165) is 22.4 Å². The van der Waals surface area contributed by atoms with Crippen molar-refractivity contribution in [3.63, 3.8) is 0 Å². The average Bonchev–Trinajstić information content (AvgIpc) is 3.15. The Bertz CT molecular complexity index is 775. The van der Waals surface area contributed by atoms with E-state index in [1.165, 1.54) is 6.39 Å². The van der Waals surface area contributed by atoms with Crippen LogP contribution in [0.25, 0.3) is 22.5 Å². The van der Waals surface area contributed by atoms with Crippen molar-refractivity contribution in [1.29, 1.82) is 0 Å². The molecule has 0 spiro atoms. The lowest BCUT2D eigenvalue weighted by Gasteiger charge is -2.13. The number of hydrogen-bond acceptors (Lipinski definition) is 5. The quantitative estimate of drug-likeness (QED) is 0.712. The Labute approximate surface area is 134 Å². The fourth-order valence-electron chi connectivity index (χ4n) is 2.41. The van der Waals surface area contributed by atoms with Crippen LogP contribution in [0.2, 0.25) is 0 Å². The van der Waals surface area contributed by atoms with E-state index < -0.39 is 0 Å². The Morgan fingerprint density at radius 2 is 1.57 bits per heavy atom.